The molecule has 2 atom stereocenters. The number of aromatic nitrogens is 2. The van der Waals surface area contributed by atoms with Crippen LogP contribution in [0.25, 0.3) is 0 Å². The number of imidazole rings is 1. The number of hydrogen-bond acceptors (Lipinski definition) is 3. The van der Waals surface area contributed by atoms with Crippen LogP contribution in [0.1, 0.15) is 25.7 Å². The minimum atomic E-state index is -3.48. The molecule has 1 saturated carbocycles. The molecule has 1 aromatic rings. The molecule has 2 unspecified atom stereocenters. The summed E-state index contributed by atoms with van der Waals surface area (Å²) in [5, 5.41) is 0.123. The Balaban J connectivity index is 2.24. The van der Waals surface area contributed by atoms with Crippen molar-refractivity contribution in [3.63, 3.8) is 0 Å². The topological polar surface area (TPSA) is 55.2 Å². The standard InChI is InChI=1S/C11H18BrN3O2S/c1-14-7-11(13-8-14)18(16,17)15(2)10-6-4-3-5-9(10)12/h7-10H,3-6H2,1-2H3. The molecule has 18 heavy (non-hydrogen) atoms. The Morgan fingerprint density at radius 1 is 1.44 bits per heavy atom. The molecule has 1 aromatic heterocycles. The number of halogens is 1. The van der Waals surface area contributed by atoms with Crippen LogP contribution >= 0.6 is 15.9 Å². The second kappa shape index (κ2) is 5.30. The van der Waals surface area contributed by atoms with Crippen molar-refractivity contribution >= 4 is 26.0 Å². The van der Waals surface area contributed by atoms with Crippen molar-refractivity contribution in [3.8, 4) is 0 Å². The average Bonchev–Trinajstić information content (AvgIpc) is 2.76. The van der Waals surface area contributed by atoms with E-state index in [1.807, 2.05) is 0 Å². The highest BCUT2D eigenvalue weighted by Crippen LogP contribution is 2.30. The van der Waals surface area contributed by atoms with E-state index in [1.165, 1.54) is 16.8 Å². The first kappa shape index (κ1) is 14.0. The van der Waals surface area contributed by atoms with Gasteiger partial charge in [0.15, 0.2) is 5.03 Å². The Bertz CT molecular complexity index is 514. The van der Waals surface area contributed by atoms with E-state index in [0.717, 1.165) is 25.7 Å². The van der Waals surface area contributed by atoms with Crippen molar-refractivity contribution in [3.05, 3.63) is 12.5 Å². The summed E-state index contributed by atoms with van der Waals surface area (Å²) in [6.07, 6.45) is 7.20. The molecule has 0 N–H and O–H groups in total. The lowest BCUT2D eigenvalue weighted by molar-refractivity contribution is 0.296. The van der Waals surface area contributed by atoms with E-state index >= 15 is 0 Å². The van der Waals surface area contributed by atoms with Gasteiger partial charge in [-0.3, -0.25) is 0 Å². The Kier molecular flexibility index (Phi) is 4.13. The highest BCUT2D eigenvalue weighted by Gasteiger charge is 2.34. The summed E-state index contributed by atoms with van der Waals surface area (Å²) < 4.78 is 28.0. The largest absolute Gasteiger partial charge is 0.339 e. The van der Waals surface area contributed by atoms with Gasteiger partial charge in [-0.2, -0.15) is 4.31 Å². The highest BCUT2D eigenvalue weighted by molar-refractivity contribution is 9.09. The zero-order valence-electron chi connectivity index (χ0n) is 10.6. The zero-order chi connectivity index (χ0) is 13.3. The van der Waals surface area contributed by atoms with Crippen LogP contribution in [0.4, 0.5) is 0 Å². The van der Waals surface area contributed by atoms with E-state index < -0.39 is 10.0 Å². The summed E-state index contributed by atoms with van der Waals surface area (Å²) in [6, 6.07) is 0.0192. The molecule has 1 aliphatic rings. The molecule has 0 amide bonds. The third-order valence-electron chi connectivity index (χ3n) is 3.44. The Morgan fingerprint density at radius 2 is 2.11 bits per heavy atom. The van der Waals surface area contributed by atoms with Crippen molar-refractivity contribution in [1.82, 2.24) is 13.9 Å². The van der Waals surface area contributed by atoms with Crippen LogP contribution in [-0.2, 0) is 17.1 Å². The fourth-order valence-electron chi connectivity index (χ4n) is 2.32. The smallest absolute Gasteiger partial charge is 0.262 e. The molecule has 7 heteroatoms. The zero-order valence-corrected chi connectivity index (χ0v) is 13.0. The molecule has 1 heterocycles. The first-order valence-corrected chi connectivity index (χ1v) is 8.38. The average molecular weight is 336 g/mol. The molecule has 0 bridgehead atoms. The molecule has 5 nitrogen and oxygen atoms in total. The minimum Gasteiger partial charge on any atom is -0.339 e. The Labute approximate surface area is 116 Å². The lowest BCUT2D eigenvalue weighted by atomic mass is 9.96. The summed E-state index contributed by atoms with van der Waals surface area (Å²) in [6.45, 7) is 0. The van der Waals surface area contributed by atoms with Gasteiger partial charge in [0.05, 0.1) is 6.33 Å². The fourth-order valence-corrected chi connectivity index (χ4v) is 4.81. The highest BCUT2D eigenvalue weighted by atomic mass is 79.9. The molecule has 0 spiro atoms. The van der Waals surface area contributed by atoms with Crippen LogP contribution in [-0.4, -0.2) is 40.2 Å². The molecule has 0 radical (unpaired) electrons. The van der Waals surface area contributed by atoms with Crippen LogP contribution in [0.3, 0.4) is 0 Å². The first-order valence-electron chi connectivity index (χ1n) is 6.03. The molecule has 0 aromatic carbocycles. The van der Waals surface area contributed by atoms with Gasteiger partial charge in [-0.25, -0.2) is 13.4 Å². The normalized spacial score (nSPS) is 25.6. The molecule has 1 aliphatic carbocycles. The summed E-state index contributed by atoms with van der Waals surface area (Å²) in [5.74, 6) is 0. The van der Waals surface area contributed by atoms with Gasteiger partial charge in [-0.15, -0.1) is 0 Å². The lowest BCUT2D eigenvalue weighted by Gasteiger charge is -2.33. The number of sulfonamides is 1. The Morgan fingerprint density at radius 3 is 2.67 bits per heavy atom. The first-order chi connectivity index (χ1) is 8.43. The van der Waals surface area contributed by atoms with Crippen LogP contribution in [0.5, 0.6) is 0 Å². The summed E-state index contributed by atoms with van der Waals surface area (Å²) in [5.41, 5.74) is 0. The van der Waals surface area contributed by atoms with Crippen molar-refractivity contribution in [2.45, 2.75) is 41.6 Å². The van der Waals surface area contributed by atoms with E-state index in [0.29, 0.717) is 0 Å². The van der Waals surface area contributed by atoms with E-state index in [1.54, 1.807) is 18.7 Å². The van der Waals surface area contributed by atoms with Gasteiger partial charge in [0.2, 0.25) is 0 Å². The molecule has 102 valence electrons. The van der Waals surface area contributed by atoms with Crippen molar-refractivity contribution < 1.29 is 8.42 Å². The molecule has 2 rings (SSSR count). The maximum absolute atomic E-state index is 12.4. The van der Waals surface area contributed by atoms with Crippen LogP contribution in [0, 0.1) is 0 Å². The maximum atomic E-state index is 12.4. The number of hydrogen-bond donors (Lipinski definition) is 0. The van der Waals surface area contributed by atoms with Crippen molar-refractivity contribution in [2.75, 3.05) is 7.05 Å². The minimum absolute atomic E-state index is 0.0192. The number of aryl methyl sites for hydroxylation is 1. The SMILES string of the molecule is CN(C1CCCCC1Br)S(=O)(=O)c1cn(C)cn1. The van der Waals surface area contributed by atoms with E-state index in [4.69, 9.17) is 0 Å². The van der Waals surface area contributed by atoms with Gasteiger partial charge >= 0.3 is 0 Å². The molecule has 0 aliphatic heterocycles. The summed E-state index contributed by atoms with van der Waals surface area (Å²) in [4.78, 5) is 4.18. The second-order valence-electron chi connectivity index (χ2n) is 4.77. The third kappa shape index (κ3) is 2.62. The molecular weight excluding hydrogens is 318 g/mol. The maximum Gasteiger partial charge on any atom is 0.262 e. The van der Waals surface area contributed by atoms with Gasteiger partial charge in [-0.05, 0) is 12.8 Å². The molecular formula is C11H18BrN3O2S. The van der Waals surface area contributed by atoms with Gasteiger partial charge in [0, 0.05) is 31.2 Å². The van der Waals surface area contributed by atoms with Crippen molar-refractivity contribution in [2.24, 2.45) is 7.05 Å². The fraction of sp³-hybridized carbons (Fsp3) is 0.727. The van der Waals surface area contributed by atoms with E-state index in [-0.39, 0.29) is 15.9 Å². The summed E-state index contributed by atoms with van der Waals surface area (Å²) in [7, 11) is -0.0684. The Hall–Kier alpha value is -0.400. The van der Waals surface area contributed by atoms with Gasteiger partial charge < -0.3 is 4.57 Å². The number of alkyl halides is 1. The van der Waals surface area contributed by atoms with Crippen LogP contribution < -0.4 is 0 Å². The van der Waals surface area contributed by atoms with Crippen LogP contribution in [0.15, 0.2) is 17.6 Å². The monoisotopic (exact) mass is 335 g/mol. The third-order valence-corrected chi connectivity index (χ3v) is 6.28. The lowest BCUT2D eigenvalue weighted by Crippen LogP contribution is -2.44. The van der Waals surface area contributed by atoms with Crippen LogP contribution in [0.2, 0.25) is 0 Å². The van der Waals surface area contributed by atoms with E-state index in [2.05, 4.69) is 20.9 Å². The number of nitrogens with zero attached hydrogens (tertiary/aromatic N) is 3. The summed E-state index contributed by atoms with van der Waals surface area (Å²) >= 11 is 3.59. The predicted molar refractivity (Wildman–Crippen MR) is 73.1 cm³/mol. The van der Waals surface area contributed by atoms with Crippen molar-refractivity contribution in [1.29, 1.82) is 0 Å². The van der Waals surface area contributed by atoms with Gasteiger partial charge in [0.25, 0.3) is 10.0 Å². The van der Waals surface area contributed by atoms with E-state index in [9.17, 15) is 8.42 Å². The van der Waals surface area contributed by atoms with Gasteiger partial charge in [-0.1, -0.05) is 28.8 Å². The quantitative estimate of drug-likeness (QED) is 0.790. The molecule has 1 fully saturated rings. The molecule has 0 saturated heterocycles. The van der Waals surface area contributed by atoms with Gasteiger partial charge in [0.1, 0.15) is 0 Å². The second-order valence-corrected chi connectivity index (χ2v) is 7.89. The predicted octanol–water partition coefficient (Wildman–Crippen LogP) is 1.75. The number of rotatable bonds is 3.